The summed E-state index contributed by atoms with van der Waals surface area (Å²) in [6.07, 6.45) is 5.13. The van der Waals surface area contributed by atoms with Gasteiger partial charge in [0.05, 0.1) is 5.69 Å². The zero-order chi connectivity index (χ0) is 13.5. The molecule has 0 aliphatic heterocycles. The van der Waals surface area contributed by atoms with Gasteiger partial charge >= 0.3 is 0 Å². The Labute approximate surface area is 110 Å². The number of nitrogens with zero attached hydrogens (tertiary/aromatic N) is 1. The zero-order valence-corrected chi connectivity index (χ0v) is 10.1. The number of aromatic nitrogens is 1. The second-order valence-corrected chi connectivity index (χ2v) is 3.79. The number of halogens is 1. The Kier molecular flexibility index (Phi) is 4.39. The van der Waals surface area contributed by atoms with Gasteiger partial charge in [0.1, 0.15) is 12.9 Å². The number of hydrogen-bond donors (Lipinski definition) is 0. The van der Waals surface area contributed by atoms with E-state index < -0.39 is 5.82 Å². The van der Waals surface area contributed by atoms with E-state index in [0.29, 0.717) is 11.8 Å². The SMILES string of the molecule is O=C/C=C/c1ccc(OCc2ccccn2)c(F)c1. The van der Waals surface area contributed by atoms with E-state index in [9.17, 15) is 9.18 Å². The summed E-state index contributed by atoms with van der Waals surface area (Å²) in [5.74, 6) is -0.308. The molecule has 0 fully saturated rings. The Morgan fingerprint density at radius 3 is 2.84 bits per heavy atom. The minimum atomic E-state index is -0.469. The highest BCUT2D eigenvalue weighted by Crippen LogP contribution is 2.20. The van der Waals surface area contributed by atoms with E-state index in [0.717, 1.165) is 5.69 Å². The molecule has 19 heavy (non-hydrogen) atoms. The summed E-state index contributed by atoms with van der Waals surface area (Å²) in [6.45, 7) is 0.210. The molecule has 0 aliphatic rings. The van der Waals surface area contributed by atoms with E-state index in [4.69, 9.17) is 4.74 Å². The summed E-state index contributed by atoms with van der Waals surface area (Å²) in [5, 5.41) is 0. The molecule has 96 valence electrons. The van der Waals surface area contributed by atoms with Crippen LogP contribution in [0.15, 0.2) is 48.7 Å². The first-order valence-corrected chi connectivity index (χ1v) is 5.73. The van der Waals surface area contributed by atoms with E-state index in [1.807, 2.05) is 6.07 Å². The number of carbonyl (C=O) groups excluding carboxylic acids is 1. The van der Waals surface area contributed by atoms with E-state index in [2.05, 4.69) is 4.98 Å². The topological polar surface area (TPSA) is 39.2 Å². The number of rotatable bonds is 5. The van der Waals surface area contributed by atoms with Gasteiger partial charge in [-0.05, 0) is 35.9 Å². The molecule has 1 heterocycles. The van der Waals surface area contributed by atoms with Crippen LogP contribution in [0, 0.1) is 5.82 Å². The maximum Gasteiger partial charge on any atom is 0.165 e. The molecular formula is C15H12FNO2. The molecule has 1 aromatic carbocycles. The van der Waals surface area contributed by atoms with Crippen LogP contribution in [0.2, 0.25) is 0 Å². The first-order valence-electron chi connectivity index (χ1n) is 5.73. The molecule has 0 N–H and O–H groups in total. The van der Waals surface area contributed by atoms with Crippen LogP contribution < -0.4 is 4.74 Å². The Morgan fingerprint density at radius 1 is 1.26 bits per heavy atom. The van der Waals surface area contributed by atoms with E-state index in [-0.39, 0.29) is 12.4 Å². The highest BCUT2D eigenvalue weighted by atomic mass is 19.1. The van der Waals surface area contributed by atoms with Gasteiger partial charge in [-0.25, -0.2) is 4.39 Å². The van der Waals surface area contributed by atoms with Crippen molar-refractivity contribution in [3.8, 4) is 5.75 Å². The molecule has 0 bridgehead atoms. The van der Waals surface area contributed by atoms with Gasteiger partial charge in [0.15, 0.2) is 11.6 Å². The summed E-state index contributed by atoms with van der Waals surface area (Å²) >= 11 is 0. The summed E-state index contributed by atoms with van der Waals surface area (Å²) in [5.41, 5.74) is 1.33. The number of benzene rings is 1. The van der Waals surface area contributed by atoms with Crippen LogP contribution in [0.5, 0.6) is 5.75 Å². The van der Waals surface area contributed by atoms with Gasteiger partial charge in [0.25, 0.3) is 0 Å². The molecule has 3 nitrogen and oxygen atoms in total. The third-order valence-corrected chi connectivity index (χ3v) is 2.42. The maximum atomic E-state index is 13.7. The fourth-order valence-corrected chi connectivity index (χ4v) is 1.52. The van der Waals surface area contributed by atoms with Crippen molar-refractivity contribution in [2.75, 3.05) is 0 Å². The number of carbonyl (C=O) groups is 1. The average molecular weight is 257 g/mol. The fourth-order valence-electron chi connectivity index (χ4n) is 1.52. The smallest absolute Gasteiger partial charge is 0.165 e. The van der Waals surface area contributed by atoms with E-state index >= 15 is 0 Å². The van der Waals surface area contributed by atoms with Crippen molar-refractivity contribution in [3.05, 3.63) is 65.7 Å². The molecule has 0 aliphatic carbocycles. The standard InChI is InChI=1S/C15H12FNO2/c16-14-10-12(4-3-9-18)6-7-15(14)19-11-13-5-1-2-8-17-13/h1-10H,11H2/b4-3+. The fraction of sp³-hybridized carbons (Fsp3) is 0.0667. The number of hydrogen-bond acceptors (Lipinski definition) is 3. The summed E-state index contributed by atoms with van der Waals surface area (Å²) in [4.78, 5) is 14.3. The van der Waals surface area contributed by atoms with Crippen LogP contribution in [-0.2, 0) is 11.4 Å². The molecule has 0 atom stereocenters. The van der Waals surface area contributed by atoms with Crippen molar-refractivity contribution in [1.29, 1.82) is 0 Å². The van der Waals surface area contributed by atoms with Crippen molar-refractivity contribution in [3.63, 3.8) is 0 Å². The molecule has 2 rings (SSSR count). The second-order valence-electron chi connectivity index (χ2n) is 3.79. The molecular weight excluding hydrogens is 245 g/mol. The molecule has 0 unspecified atom stereocenters. The van der Waals surface area contributed by atoms with Crippen molar-refractivity contribution < 1.29 is 13.9 Å². The third-order valence-electron chi connectivity index (χ3n) is 2.42. The lowest BCUT2D eigenvalue weighted by molar-refractivity contribution is -0.104. The average Bonchev–Trinajstić information content (AvgIpc) is 2.45. The quantitative estimate of drug-likeness (QED) is 0.610. The monoisotopic (exact) mass is 257 g/mol. The normalized spacial score (nSPS) is 10.6. The number of allylic oxidation sites excluding steroid dienone is 1. The lowest BCUT2D eigenvalue weighted by Crippen LogP contribution is -1.99. The lowest BCUT2D eigenvalue weighted by atomic mass is 10.2. The number of ether oxygens (including phenoxy) is 1. The molecule has 2 aromatic rings. The van der Waals surface area contributed by atoms with Crippen molar-refractivity contribution in [1.82, 2.24) is 4.98 Å². The summed E-state index contributed by atoms with van der Waals surface area (Å²) in [7, 11) is 0. The van der Waals surface area contributed by atoms with Crippen LogP contribution in [0.3, 0.4) is 0 Å². The Balaban J connectivity index is 2.05. The van der Waals surface area contributed by atoms with E-state index in [1.165, 1.54) is 24.3 Å². The highest BCUT2D eigenvalue weighted by molar-refractivity contribution is 5.73. The van der Waals surface area contributed by atoms with Crippen molar-refractivity contribution in [2.45, 2.75) is 6.61 Å². The Morgan fingerprint density at radius 2 is 2.16 bits per heavy atom. The van der Waals surface area contributed by atoms with Gasteiger partial charge in [0, 0.05) is 6.20 Å². The summed E-state index contributed by atoms with van der Waals surface area (Å²) in [6, 6.07) is 9.97. The third kappa shape index (κ3) is 3.74. The Hall–Kier alpha value is -2.49. The predicted molar refractivity (Wildman–Crippen MR) is 70.1 cm³/mol. The minimum Gasteiger partial charge on any atom is -0.484 e. The first kappa shape index (κ1) is 13.0. The molecule has 0 saturated carbocycles. The van der Waals surface area contributed by atoms with Gasteiger partial charge in [-0.1, -0.05) is 18.2 Å². The minimum absolute atomic E-state index is 0.161. The van der Waals surface area contributed by atoms with Crippen molar-refractivity contribution in [2.24, 2.45) is 0 Å². The van der Waals surface area contributed by atoms with Crippen LogP contribution in [0.1, 0.15) is 11.3 Å². The second kappa shape index (κ2) is 6.44. The van der Waals surface area contributed by atoms with E-state index in [1.54, 1.807) is 24.4 Å². The molecule has 0 spiro atoms. The van der Waals surface area contributed by atoms with Crippen LogP contribution in [0.4, 0.5) is 4.39 Å². The lowest BCUT2D eigenvalue weighted by Gasteiger charge is -2.07. The van der Waals surface area contributed by atoms with Crippen molar-refractivity contribution >= 4 is 12.4 Å². The number of pyridine rings is 1. The van der Waals surface area contributed by atoms with Crippen LogP contribution in [0.25, 0.3) is 6.08 Å². The largest absolute Gasteiger partial charge is 0.484 e. The van der Waals surface area contributed by atoms with Gasteiger partial charge in [-0.3, -0.25) is 9.78 Å². The Bertz CT molecular complexity index is 582. The predicted octanol–water partition coefficient (Wildman–Crippen LogP) is 3.01. The summed E-state index contributed by atoms with van der Waals surface area (Å²) < 4.78 is 19.1. The van der Waals surface area contributed by atoms with Gasteiger partial charge in [-0.2, -0.15) is 0 Å². The zero-order valence-electron chi connectivity index (χ0n) is 10.1. The molecule has 4 heteroatoms. The maximum absolute atomic E-state index is 13.7. The van der Waals surface area contributed by atoms with Gasteiger partial charge in [0.2, 0.25) is 0 Å². The van der Waals surface area contributed by atoms with Gasteiger partial charge < -0.3 is 4.74 Å². The van der Waals surface area contributed by atoms with Crippen LogP contribution in [-0.4, -0.2) is 11.3 Å². The first-order chi connectivity index (χ1) is 9.29. The molecule has 0 amide bonds. The molecule has 0 saturated heterocycles. The van der Waals surface area contributed by atoms with Crippen LogP contribution >= 0.6 is 0 Å². The van der Waals surface area contributed by atoms with Gasteiger partial charge in [-0.15, -0.1) is 0 Å². The molecule has 1 aromatic heterocycles. The highest BCUT2D eigenvalue weighted by Gasteiger charge is 2.04. The molecule has 0 radical (unpaired) electrons. The number of aldehydes is 1.